The summed E-state index contributed by atoms with van der Waals surface area (Å²) in [4.78, 5) is 40.5. The standard InChI is InChI=1S/C30H26O5S/c31-26(27-17-10-18-36-27)19-25(24-15-8-3-9-16-24)28(29(32)34-20-22-11-4-1-5-12-22)30(33)35-21-23-13-6-2-7-14-23/h1-18,25,28H,19-21H2/t25-/m0/s1. The lowest BCUT2D eigenvalue weighted by atomic mass is 9.82. The minimum Gasteiger partial charge on any atom is -0.460 e. The molecule has 0 aliphatic heterocycles. The normalized spacial score (nSPS) is 11.6. The summed E-state index contributed by atoms with van der Waals surface area (Å²) in [5, 5.41) is 1.82. The summed E-state index contributed by atoms with van der Waals surface area (Å²) in [7, 11) is 0. The molecule has 0 spiro atoms. The van der Waals surface area contributed by atoms with Crippen LogP contribution < -0.4 is 0 Å². The fraction of sp³-hybridized carbons (Fsp3) is 0.167. The summed E-state index contributed by atoms with van der Waals surface area (Å²) >= 11 is 1.33. The zero-order chi connectivity index (χ0) is 25.2. The first-order chi connectivity index (χ1) is 17.6. The molecule has 4 aromatic rings. The van der Waals surface area contributed by atoms with E-state index in [9.17, 15) is 14.4 Å². The molecule has 0 radical (unpaired) electrons. The van der Waals surface area contributed by atoms with E-state index < -0.39 is 23.8 Å². The van der Waals surface area contributed by atoms with E-state index in [0.717, 1.165) is 11.1 Å². The highest BCUT2D eigenvalue weighted by molar-refractivity contribution is 7.12. The van der Waals surface area contributed by atoms with Crippen LogP contribution in [-0.4, -0.2) is 17.7 Å². The second-order valence-electron chi connectivity index (χ2n) is 8.29. The van der Waals surface area contributed by atoms with Crippen LogP contribution in [0.3, 0.4) is 0 Å². The first-order valence-electron chi connectivity index (χ1n) is 11.6. The number of hydrogen-bond acceptors (Lipinski definition) is 6. The number of benzene rings is 3. The van der Waals surface area contributed by atoms with Gasteiger partial charge in [0.25, 0.3) is 0 Å². The van der Waals surface area contributed by atoms with Crippen molar-refractivity contribution in [3.8, 4) is 0 Å². The molecule has 0 bridgehead atoms. The summed E-state index contributed by atoms with van der Waals surface area (Å²) in [5.41, 5.74) is 2.29. The van der Waals surface area contributed by atoms with Gasteiger partial charge in [0.2, 0.25) is 0 Å². The average Bonchev–Trinajstić information content (AvgIpc) is 3.47. The Hall–Kier alpha value is -4.03. The molecular formula is C30H26O5S. The summed E-state index contributed by atoms with van der Waals surface area (Å²) in [5.74, 6) is -3.62. The van der Waals surface area contributed by atoms with Gasteiger partial charge in [-0.25, -0.2) is 0 Å². The van der Waals surface area contributed by atoms with Gasteiger partial charge in [-0.15, -0.1) is 11.3 Å². The van der Waals surface area contributed by atoms with Gasteiger partial charge in [-0.1, -0.05) is 97.1 Å². The Labute approximate surface area is 214 Å². The van der Waals surface area contributed by atoms with Gasteiger partial charge in [0.15, 0.2) is 11.7 Å². The average molecular weight is 499 g/mol. The highest BCUT2D eigenvalue weighted by Gasteiger charge is 2.40. The molecule has 0 aliphatic rings. The van der Waals surface area contributed by atoms with Crippen LogP contribution in [0.4, 0.5) is 0 Å². The van der Waals surface area contributed by atoms with Crippen molar-refractivity contribution in [2.24, 2.45) is 5.92 Å². The van der Waals surface area contributed by atoms with E-state index in [1.807, 2.05) is 96.4 Å². The first kappa shape index (κ1) is 25.1. The van der Waals surface area contributed by atoms with Gasteiger partial charge in [-0.2, -0.15) is 0 Å². The molecule has 0 saturated carbocycles. The number of thiophene rings is 1. The SMILES string of the molecule is O=C(C[C@@H](c1ccccc1)C(C(=O)OCc1ccccc1)C(=O)OCc1ccccc1)c1cccs1. The second kappa shape index (κ2) is 12.6. The van der Waals surface area contributed by atoms with Gasteiger partial charge in [-0.05, 0) is 28.1 Å². The van der Waals surface area contributed by atoms with Crippen molar-refractivity contribution in [1.29, 1.82) is 0 Å². The van der Waals surface area contributed by atoms with Crippen molar-refractivity contribution in [3.63, 3.8) is 0 Å². The number of esters is 2. The number of rotatable bonds is 11. The topological polar surface area (TPSA) is 69.7 Å². The Morgan fingerprint density at radius 1 is 0.639 bits per heavy atom. The zero-order valence-corrected chi connectivity index (χ0v) is 20.4. The molecule has 0 unspecified atom stereocenters. The quantitative estimate of drug-likeness (QED) is 0.140. The lowest BCUT2D eigenvalue weighted by Gasteiger charge is -2.24. The van der Waals surface area contributed by atoms with Crippen molar-refractivity contribution in [2.75, 3.05) is 0 Å². The van der Waals surface area contributed by atoms with E-state index in [1.54, 1.807) is 12.1 Å². The summed E-state index contributed by atoms with van der Waals surface area (Å²) in [6, 6.07) is 31.1. The molecule has 0 aliphatic carbocycles. The minimum absolute atomic E-state index is 0.0164. The maximum Gasteiger partial charge on any atom is 0.321 e. The molecule has 6 heteroatoms. The fourth-order valence-corrected chi connectivity index (χ4v) is 4.60. The molecule has 0 saturated heterocycles. The molecule has 5 nitrogen and oxygen atoms in total. The van der Waals surface area contributed by atoms with E-state index in [4.69, 9.17) is 9.47 Å². The largest absolute Gasteiger partial charge is 0.460 e. The molecule has 4 rings (SSSR count). The Balaban J connectivity index is 1.61. The van der Waals surface area contributed by atoms with Crippen LogP contribution in [-0.2, 0) is 32.3 Å². The van der Waals surface area contributed by atoms with E-state index in [2.05, 4.69) is 0 Å². The Morgan fingerprint density at radius 2 is 1.14 bits per heavy atom. The molecule has 1 aromatic heterocycles. The molecule has 36 heavy (non-hydrogen) atoms. The Bertz CT molecular complexity index is 1200. The second-order valence-corrected chi connectivity index (χ2v) is 9.23. The number of ketones is 1. The Kier molecular flexibility index (Phi) is 8.78. The van der Waals surface area contributed by atoms with Gasteiger partial charge in [0.1, 0.15) is 13.2 Å². The number of carbonyl (C=O) groups excluding carboxylic acids is 3. The van der Waals surface area contributed by atoms with Crippen LogP contribution in [0.2, 0.25) is 0 Å². The summed E-state index contributed by atoms with van der Waals surface area (Å²) in [6.45, 7) is 0.0328. The first-order valence-corrected chi connectivity index (χ1v) is 12.5. The van der Waals surface area contributed by atoms with Crippen LogP contribution in [0.5, 0.6) is 0 Å². The molecule has 1 atom stereocenters. The molecule has 3 aromatic carbocycles. The van der Waals surface area contributed by atoms with Crippen molar-refractivity contribution >= 4 is 29.1 Å². The maximum absolute atomic E-state index is 13.4. The highest BCUT2D eigenvalue weighted by Crippen LogP contribution is 2.33. The molecule has 182 valence electrons. The predicted octanol–water partition coefficient (Wildman–Crippen LogP) is 6.21. The fourth-order valence-electron chi connectivity index (χ4n) is 3.93. The van der Waals surface area contributed by atoms with Crippen molar-refractivity contribution in [1.82, 2.24) is 0 Å². The third kappa shape index (κ3) is 6.77. The van der Waals surface area contributed by atoms with Gasteiger partial charge in [0.05, 0.1) is 4.88 Å². The third-order valence-corrected chi connectivity index (χ3v) is 6.70. The van der Waals surface area contributed by atoms with E-state index in [1.165, 1.54) is 11.3 Å². The van der Waals surface area contributed by atoms with Gasteiger partial charge in [-0.3, -0.25) is 14.4 Å². The predicted molar refractivity (Wildman–Crippen MR) is 138 cm³/mol. The van der Waals surface area contributed by atoms with Gasteiger partial charge in [0, 0.05) is 12.3 Å². The van der Waals surface area contributed by atoms with Crippen LogP contribution >= 0.6 is 11.3 Å². The monoisotopic (exact) mass is 498 g/mol. The van der Waals surface area contributed by atoms with Gasteiger partial charge < -0.3 is 9.47 Å². The molecule has 0 fully saturated rings. The molecule has 0 N–H and O–H groups in total. The van der Waals surface area contributed by atoms with E-state index in [0.29, 0.717) is 10.4 Å². The zero-order valence-electron chi connectivity index (χ0n) is 19.6. The molecular weight excluding hydrogens is 472 g/mol. The van der Waals surface area contributed by atoms with Crippen LogP contribution in [0, 0.1) is 5.92 Å². The molecule has 0 amide bonds. The molecule has 1 heterocycles. The van der Waals surface area contributed by atoms with Crippen LogP contribution in [0.1, 0.15) is 38.7 Å². The lowest BCUT2D eigenvalue weighted by Crippen LogP contribution is -2.34. The van der Waals surface area contributed by atoms with Crippen molar-refractivity contribution in [3.05, 3.63) is 130 Å². The van der Waals surface area contributed by atoms with E-state index in [-0.39, 0.29) is 25.4 Å². The third-order valence-electron chi connectivity index (χ3n) is 5.79. The Morgan fingerprint density at radius 3 is 1.61 bits per heavy atom. The smallest absolute Gasteiger partial charge is 0.321 e. The summed E-state index contributed by atoms with van der Waals surface area (Å²) in [6.07, 6.45) is -0.0317. The number of ether oxygens (including phenoxy) is 2. The summed E-state index contributed by atoms with van der Waals surface area (Å²) < 4.78 is 11.2. The van der Waals surface area contributed by atoms with E-state index >= 15 is 0 Å². The van der Waals surface area contributed by atoms with Crippen molar-refractivity contribution < 1.29 is 23.9 Å². The highest BCUT2D eigenvalue weighted by atomic mass is 32.1. The number of carbonyl (C=O) groups is 3. The van der Waals surface area contributed by atoms with Crippen molar-refractivity contribution in [2.45, 2.75) is 25.6 Å². The number of hydrogen-bond donors (Lipinski definition) is 0. The maximum atomic E-state index is 13.4. The van der Waals surface area contributed by atoms with Crippen LogP contribution in [0.25, 0.3) is 0 Å². The minimum atomic E-state index is -1.30. The van der Waals surface area contributed by atoms with Crippen LogP contribution in [0.15, 0.2) is 109 Å². The lowest BCUT2D eigenvalue weighted by molar-refractivity contribution is -0.165. The van der Waals surface area contributed by atoms with Gasteiger partial charge >= 0.3 is 11.9 Å². The number of Topliss-reactive ketones (excluding diaryl/α,β-unsaturated/α-hetero) is 1.